The second-order valence-corrected chi connectivity index (χ2v) is 7.85. The Balaban J connectivity index is 1.70. The van der Waals surface area contributed by atoms with Crippen LogP contribution in [0.5, 0.6) is 0 Å². The lowest BCUT2D eigenvalue weighted by Gasteiger charge is -2.03. The van der Waals surface area contributed by atoms with Gasteiger partial charge >= 0.3 is 0 Å². The molecule has 2 aromatic heterocycles. The van der Waals surface area contributed by atoms with Crippen molar-refractivity contribution >= 4 is 23.0 Å². The predicted molar refractivity (Wildman–Crippen MR) is 134 cm³/mol. The van der Waals surface area contributed by atoms with Crippen LogP contribution in [-0.2, 0) is 6.54 Å². The summed E-state index contributed by atoms with van der Waals surface area (Å²) >= 11 is 0. The Morgan fingerprint density at radius 1 is 0.909 bits per heavy atom. The molecular weight excluding hydrogens is 406 g/mol. The zero-order valence-corrected chi connectivity index (χ0v) is 18.6. The second kappa shape index (κ2) is 8.64. The average molecular weight is 430 g/mol. The Hall–Kier alpha value is -4.36. The number of hydrogen-bond donors (Lipinski definition) is 0. The molecule has 160 valence electrons. The fraction of sp³-hybridized carbons (Fsp3) is 0.103. The van der Waals surface area contributed by atoms with Crippen molar-refractivity contribution in [2.75, 3.05) is 0 Å². The Morgan fingerprint density at radius 3 is 2.21 bits per heavy atom. The molecule has 0 amide bonds. The summed E-state index contributed by atoms with van der Waals surface area (Å²) in [4.78, 5) is 4.71. The van der Waals surface area contributed by atoms with Gasteiger partial charge in [0.25, 0.3) is 0 Å². The van der Waals surface area contributed by atoms with Crippen LogP contribution in [-0.4, -0.2) is 10.8 Å². The van der Waals surface area contributed by atoms with E-state index in [9.17, 15) is 5.26 Å². The van der Waals surface area contributed by atoms with Crippen molar-refractivity contribution < 1.29 is 4.42 Å². The zero-order valence-electron chi connectivity index (χ0n) is 18.6. The van der Waals surface area contributed by atoms with E-state index in [2.05, 4.69) is 36.6 Å². The summed E-state index contributed by atoms with van der Waals surface area (Å²) in [5.41, 5.74) is 6.39. The summed E-state index contributed by atoms with van der Waals surface area (Å²) in [6.45, 7) is 5.11. The summed E-state index contributed by atoms with van der Waals surface area (Å²) in [7, 11) is 0. The van der Waals surface area contributed by atoms with E-state index in [1.807, 2.05) is 79.0 Å². The molecule has 2 heterocycles. The first-order chi connectivity index (χ1) is 16.2. The molecule has 0 unspecified atom stereocenters. The molecule has 0 aliphatic heterocycles. The number of aryl methyl sites for hydroxylation is 1. The van der Waals surface area contributed by atoms with E-state index in [0.717, 1.165) is 39.9 Å². The van der Waals surface area contributed by atoms with E-state index in [1.165, 1.54) is 5.52 Å². The van der Waals surface area contributed by atoms with E-state index >= 15 is 0 Å². The van der Waals surface area contributed by atoms with Gasteiger partial charge in [0, 0.05) is 46.0 Å². The molecule has 0 atom stereocenters. The smallest absolute Gasteiger partial charge is 0.238 e. The topological polar surface area (TPSA) is 54.2 Å². The van der Waals surface area contributed by atoms with Crippen molar-refractivity contribution in [1.29, 1.82) is 5.26 Å². The summed E-state index contributed by atoms with van der Waals surface area (Å²) in [5.74, 6) is 0.973. The molecule has 0 spiro atoms. The van der Waals surface area contributed by atoms with E-state index in [0.29, 0.717) is 17.2 Å². The highest BCUT2D eigenvalue weighted by molar-refractivity contribution is 6.02. The van der Waals surface area contributed by atoms with E-state index in [-0.39, 0.29) is 0 Å². The van der Waals surface area contributed by atoms with Gasteiger partial charge in [-0.05, 0) is 25.5 Å². The van der Waals surface area contributed by atoms with Gasteiger partial charge < -0.3 is 8.98 Å². The van der Waals surface area contributed by atoms with Gasteiger partial charge in [-0.1, -0.05) is 78.9 Å². The number of benzene rings is 3. The van der Waals surface area contributed by atoms with Crippen LogP contribution in [0, 0.1) is 18.3 Å². The predicted octanol–water partition coefficient (Wildman–Crippen LogP) is 7.52. The minimum Gasteiger partial charge on any atom is -0.436 e. The average Bonchev–Trinajstić information content (AvgIpc) is 3.37. The second-order valence-electron chi connectivity index (χ2n) is 7.85. The summed E-state index contributed by atoms with van der Waals surface area (Å²) in [5, 5.41) is 11.2. The van der Waals surface area contributed by atoms with E-state index < -0.39 is 0 Å². The highest BCUT2D eigenvalue weighted by atomic mass is 16.4. The maximum Gasteiger partial charge on any atom is 0.238 e. The minimum atomic E-state index is 0.322. The lowest BCUT2D eigenvalue weighted by Crippen LogP contribution is -1.96. The quantitative estimate of drug-likeness (QED) is 0.271. The Morgan fingerprint density at radius 2 is 1.55 bits per heavy atom. The van der Waals surface area contributed by atoms with Crippen LogP contribution < -0.4 is 0 Å². The molecule has 0 saturated heterocycles. The van der Waals surface area contributed by atoms with Gasteiger partial charge in [0.15, 0.2) is 0 Å². The van der Waals surface area contributed by atoms with Crippen molar-refractivity contribution in [2.45, 2.75) is 20.4 Å². The lowest BCUT2D eigenvalue weighted by molar-refractivity contribution is 0.593. The van der Waals surface area contributed by atoms with Gasteiger partial charge in [-0.15, -0.1) is 0 Å². The van der Waals surface area contributed by atoms with Crippen LogP contribution in [0.4, 0.5) is 5.88 Å². The summed E-state index contributed by atoms with van der Waals surface area (Å²) in [6, 6.07) is 30.4. The molecule has 33 heavy (non-hydrogen) atoms. The van der Waals surface area contributed by atoms with E-state index in [4.69, 9.17) is 9.41 Å². The van der Waals surface area contributed by atoms with Crippen LogP contribution in [0.25, 0.3) is 33.4 Å². The normalized spacial score (nSPS) is 11.3. The number of aromatic nitrogens is 1. The van der Waals surface area contributed by atoms with Crippen molar-refractivity contribution in [3.05, 3.63) is 102 Å². The summed E-state index contributed by atoms with van der Waals surface area (Å²) in [6.07, 6.45) is 1.83. The minimum absolute atomic E-state index is 0.322. The van der Waals surface area contributed by atoms with Gasteiger partial charge in [-0.25, -0.2) is 4.99 Å². The number of fused-ring (bicyclic) bond motifs is 1. The molecule has 0 fully saturated rings. The maximum absolute atomic E-state index is 10.1. The molecule has 3 aromatic carbocycles. The van der Waals surface area contributed by atoms with Gasteiger partial charge in [0.1, 0.15) is 17.4 Å². The molecule has 0 aliphatic rings. The molecule has 0 saturated carbocycles. The van der Waals surface area contributed by atoms with Crippen molar-refractivity contribution in [1.82, 2.24) is 4.57 Å². The number of para-hydroxylation sites is 1. The number of hydrogen-bond acceptors (Lipinski definition) is 3. The molecule has 0 bridgehead atoms. The Labute approximate surface area is 193 Å². The lowest BCUT2D eigenvalue weighted by atomic mass is 9.98. The molecule has 0 N–H and O–H groups in total. The van der Waals surface area contributed by atoms with Crippen LogP contribution in [0.3, 0.4) is 0 Å². The van der Waals surface area contributed by atoms with Gasteiger partial charge in [-0.3, -0.25) is 0 Å². The zero-order chi connectivity index (χ0) is 22.8. The highest BCUT2D eigenvalue weighted by Gasteiger charge is 2.22. The molecule has 0 radical (unpaired) electrons. The standard InChI is InChI=1S/C29H23N3O/c1-3-32-20(2)25(23-16-10-11-17-26(23)32)19-31-29-24(18-30)27(21-12-6-4-7-13-21)28(33-29)22-14-8-5-9-15-22/h4-17,19H,3H2,1-2H3. The summed E-state index contributed by atoms with van der Waals surface area (Å²) < 4.78 is 8.53. The monoisotopic (exact) mass is 429 g/mol. The van der Waals surface area contributed by atoms with Crippen LogP contribution in [0.2, 0.25) is 0 Å². The van der Waals surface area contributed by atoms with Gasteiger partial charge in [0.2, 0.25) is 5.88 Å². The SMILES string of the molecule is CCn1c(C)c(C=Nc2oc(-c3ccccc3)c(-c3ccccc3)c2C#N)c2ccccc21. The van der Waals surface area contributed by atoms with Crippen LogP contribution in [0.15, 0.2) is 94.3 Å². The molecule has 4 nitrogen and oxygen atoms in total. The van der Waals surface area contributed by atoms with Crippen LogP contribution >= 0.6 is 0 Å². The van der Waals surface area contributed by atoms with Crippen molar-refractivity contribution in [2.24, 2.45) is 4.99 Å². The molecule has 5 aromatic rings. The first kappa shape index (κ1) is 20.5. The molecule has 5 rings (SSSR count). The number of nitrogens with zero attached hydrogens (tertiary/aromatic N) is 3. The number of rotatable bonds is 5. The first-order valence-corrected chi connectivity index (χ1v) is 11.0. The molecular formula is C29H23N3O. The number of aliphatic imine (C=N–C) groups is 1. The van der Waals surface area contributed by atoms with Crippen molar-refractivity contribution in [3.8, 4) is 28.5 Å². The van der Waals surface area contributed by atoms with E-state index in [1.54, 1.807) is 0 Å². The molecule has 0 aliphatic carbocycles. The Kier molecular flexibility index (Phi) is 5.38. The largest absolute Gasteiger partial charge is 0.436 e. The highest BCUT2D eigenvalue weighted by Crippen LogP contribution is 2.42. The third-order valence-electron chi connectivity index (χ3n) is 6.01. The van der Waals surface area contributed by atoms with Crippen molar-refractivity contribution in [3.63, 3.8) is 0 Å². The van der Waals surface area contributed by atoms with Crippen LogP contribution in [0.1, 0.15) is 23.7 Å². The maximum atomic E-state index is 10.1. The first-order valence-electron chi connectivity index (χ1n) is 11.0. The number of nitriles is 1. The Bertz CT molecular complexity index is 1500. The number of furan rings is 1. The fourth-order valence-corrected chi connectivity index (χ4v) is 4.44. The van der Waals surface area contributed by atoms with Gasteiger partial charge in [-0.2, -0.15) is 5.26 Å². The van der Waals surface area contributed by atoms with Gasteiger partial charge in [0.05, 0.1) is 0 Å². The molecule has 4 heteroatoms. The third-order valence-corrected chi connectivity index (χ3v) is 6.01. The third kappa shape index (κ3) is 3.54. The fourth-order valence-electron chi connectivity index (χ4n) is 4.44.